The van der Waals surface area contributed by atoms with Crippen LogP contribution >= 0.6 is 0 Å². The summed E-state index contributed by atoms with van der Waals surface area (Å²) in [6.45, 7) is 0.220. The van der Waals surface area contributed by atoms with E-state index < -0.39 is 5.91 Å². The second-order valence-corrected chi connectivity index (χ2v) is 4.36. The summed E-state index contributed by atoms with van der Waals surface area (Å²) < 4.78 is 0. The largest absolute Gasteiger partial charge is 0.396 e. The summed E-state index contributed by atoms with van der Waals surface area (Å²) in [4.78, 5) is 11.4. The van der Waals surface area contributed by atoms with Crippen molar-refractivity contribution in [3.63, 3.8) is 0 Å². The Morgan fingerprint density at radius 3 is 2.44 bits per heavy atom. The number of primary amides is 1. The van der Waals surface area contributed by atoms with Crippen molar-refractivity contribution in [2.75, 3.05) is 6.61 Å². The minimum atomic E-state index is -0.395. The van der Waals surface area contributed by atoms with Gasteiger partial charge in [0.1, 0.15) is 0 Å². The molecule has 2 aromatic carbocycles. The number of hydrogen-bond acceptors (Lipinski definition) is 2. The first kappa shape index (κ1) is 12.6. The van der Waals surface area contributed by atoms with Gasteiger partial charge in [-0.25, -0.2) is 0 Å². The number of hydrogen-bond donors (Lipinski definition) is 2. The number of benzene rings is 2. The summed E-state index contributed by atoms with van der Waals surface area (Å²) in [6, 6.07) is 11.6. The summed E-state index contributed by atoms with van der Waals surface area (Å²) in [7, 11) is 0. The molecule has 0 unspecified atom stereocenters. The van der Waals surface area contributed by atoms with Crippen molar-refractivity contribution in [2.45, 2.75) is 19.3 Å². The van der Waals surface area contributed by atoms with Gasteiger partial charge in [-0.05, 0) is 41.7 Å². The third-order valence-corrected chi connectivity index (χ3v) is 3.13. The molecule has 0 aliphatic heterocycles. The number of carbonyl (C=O) groups is 1. The number of carbonyl (C=O) groups excluding carboxylic acids is 1. The van der Waals surface area contributed by atoms with E-state index in [1.54, 1.807) is 6.07 Å². The third kappa shape index (κ3) is 2.51. The van der Waals surface area contributed by atoms with Crippen molar-refractivity contribution < 1.29 is 9.90 Å². The van der Waals surface area contributed by atoms with Crippen molar-refractivity contribution in [3.05, 3.63) is 47.5 Å². The first-order chi connectivity index (χ1) is 8.74. The summed E-state index contributed by atoms with van der Waals surface area (Å²) in [5.74, 6) is -0.395. The van der Waals surface area contributed by atoms with Crippen molar-refractivity contribution in [3.8, 4) is 0 Å². The van der Waals surface area contributed by atoms with Gasteiger partial charge in [-0.3, -0.25) is 4.79 Å². The van der Waals surface area contributed by atoms with Crippen LogP contribution in [-0.2, 0) is 6.42 Å². The average molecular weight is 243 g/mol. The standard InChI is InChI=1S/C15H17NO2/c16-15(18)14-9-8-11(5-3-4-10-17)12-6-1-2-7-13(12)14/h1-2,6-9,17H,3-5,10H2,(H2,16,18). The topological polar surface area (TPSA) is 63.3 Å². The van der Waals surface area contributed by atoms with Crippen LogP contribution in [0.2, 0.25) is 0 Å². The summed E-state index contributed by atoms with van der Waals surface area (Å²) in [6.07, 6.45) is 2.64. The second-order valence-electron chi connectivity index (χ2n) is 4.36. The maximum atomic E-state index is 11.4. The Morgan fingerprint density at radius 2 is 1.78 bits per heavy atom. The molecule has 0 aliphatic carbocycles. The Morgan fingerprint density at radius 1 is 1.06 bits per heavy atom. The molecular formula is C15H17NO2. The Hall–Kier alpha value is -1.87. The molecule has 2 rings (SSSR count). The Bertz CT molecular complexity index is 563. The molecule has 3 N–H and O–H groups in total. The molecular weight excluding hydrogens is 226 g/mol. The number of rotatable bonds is 5. The molecule has 0 aromatic heterocycles. The van der Waals surface area contributed by atoms with E-state index in [1.165, 1.54) is 5.56 Å². The van der Waals surface area contributed by atoms with Crippen LogP contribution in [0, 0.1) is 0 Å². The highest BCUT2D eigenvalue weighted by molar-refractivity contribution is 6.07. The monoisotopic (exact) mass is 243 g/mol. The van der Waals surface area contributed by atoms with Crippen molar-refractivity contribution in [2.24, 2.45) is 5.73 Å². The Labute approximate surface area is 106 Å². The van der Waals surface area contributed by atoms with Gasteiger partial charge in [0.05, 0.1) is 0 Å². The lowest BCUT2D eigenvalue weighted by Crippen LogP contribution is -2.11. The fraction of sp³-hybridized carbons (Fsp3) is 0.267. The number of aryl methyl sites for hydroxylation is 1. The van der Waals surface area contributed by atoms with Gasteiger partial charge in [0.25, 0.3) is 0 Å². The molecule has 0 aliphatic rings. The molecule has 0 saturated carbocycles. The molecule has 0 radical (unpaired) electrons. The SMILES string of the molecule is NC(=O)c1ccc(CCCCO)c2ccccc12. The normalized spacial score (nSPS) is 10.7. The zero-order valence-corrected chi connectivity index (χ0v) is 10.2. The highest BCUT2D eigenvalue weighted by Gasteiger charge is 2.08. The van der Waals surface area contributed by atoms with E-state index in [2.05, 4.69) is 0 Å². The first-order valence-electron chi connectivity index (χ1n) is 6.15. The maximum Gasteiger partial charge on any atom is 0.249 e. The van der Waals surface area contributed by atoms with Crippen LogP contribution in [0.25, 0.3) is 10.8 Å². The number of nitrogens with two attached hydrogens (primary N) is 1. The lowest BCUT2D eigenvalue weighted by Gasteiger charge is -2.09. The minimum Gasteiger partial charge on any atom is -0.396 e. The number of fused-ring (bicyclic) bond motifs is 1. The van der Waals surface area contributed by atoms with Crippen LogP contribution in [0.3, 0.4) is 0 Å². The van der Waals surface area contributed by atoms with E-state index in [0.29, 0.717) is 5.56 Å². The number of aliphatic hydroxyl groups excluding tert-OH is 1. The molecule has 0 atom stereocenters. The first-order valence-corrected chi connectivity index (χ1v) is 6.15. The molecule has 18 heavy (non-hydrogen) atoms. The van der Waals surface area contributed by atoms with Crippen LogP contribution < -0.4 is 5.73 Å². The number of aliphatic hydroxyl groups is 1. The average Bonchev–Trinajstić information content (AvgIpc) is 2.38. The molecule has 1 amide bonds. The molecule has 0 saturated heterocycles. The number of unbranched alkanes of at least 4 members (excludes halogenated alkanes) is 1. The van der Waals surface area contributed by atoms with Gasteiger partial charge in [0, 0.05) is 12.2 Å². The smallest absolute Gasteiger partial charge is 0.249 e. The molecule has 0 bridgehead atoms. The lowest BCUT2D eigenvalue weighted by atomic mass is 9.96. The molecule has 3 heteroatoms. The van der Waals surface area contributed by atoms with Gasteiger partial charge in [-0.1, -0.05) is 30.3 Å². The van der Waals surface area contributed by atoms with Gasteiger partial charge < -0.3 is 10.8 Å². The highest BCUT2D eigenvalue weighted by atomic mass is 16.2. The van der Waals surface area contributed by atoms with Gasteiger partial charge in [0.15, 0.2) is 0 Å². The van der Waals surface area contributed by atoms with E-state index in [-0.39, 0.29) is 6.61 Å². The van der Waals surface area contributed by atoms with Gasteiger partial charge >= 0.3 is 0 Å². The number of amides is 1. The third-order valence-electron chi connectivity index (χ3n) is 3.13. The van der Waals surface area contributed by atoms with Crippen LogP contribution in [0.5, 0.6) is 0 Å². The van der Waals surface area contributed by atoms with Gasteiger partial charge in [0.2, 0.25) is 5.91 Å². The molecule has 0 heterocycles. The molecule has 2 aromatic rings. The fourth-order valence-electron chi connectivity index (χ4n) is 2.22. The van der Waals surface area contributed by atoms with Crippen LogP contribution in [0.1, 0.15) is 28.8 Å². The summed E-state index contributed by atoms with van der Waals surface area (Å²) in [5.41, 5.74) is 7.14. The van der Waals surface area contributed by atoms with E-state index in [1.807, 2.05) is 30.3 Å². The van der Waals surface area contributed by atoms with E-state index in [4.69, 9.17) is 10.8 Å². The maximum absolute atomic E-state index is 11.4. The van der Waals surface area contributed by atoms with Gasteiger partial charge in [-0.15, -0.1) is 0 Å². The predicted octanol–water partition coefficient (Wildman–Crippen LogP) is 2.25. The van der Waals surface area contributed by atoms with Crippen molar-refractivity contribution >= 4 is 16.7 Å². The van der Waals surface area contributed by atoms with Crippen LogP contribution in [-0.4, -0.2) is 17.6 Å². The zero-order chi connectivity index (χ0) is 13.0. The fourth-order valence-corrected chi connectivity index (χ4v) is 2.22. The quantitative estimate of drug-likeness (QED) is 0.791. The van der Waals surface area contributed by atoms with E-state index in [9.17, 15) is 4.79 Å². The van der Waals surface area contributed by atoms with Crippen molar-refractivity contribution in [1.29, 1.82) is 0 Å². The Balaban J connectivity index is 2.44. The zero-order valence-electron chi connectivity index (χ0n) is 10.2. The summed E-state index contributed by atoms with van der Waals surface area (Å²) in [5, 5.41) is 10.8. The highest BCUT2D eigenvalue weighted by Crippen LogP contribution is 2.23. The molecule has 3 nitrogen and oxygen atoms in total. The molecule has 0 fully saturated rings. The lowest BCUT2D eigenvalue weighted by molar-refractivity contribution is 0.100. The minimum absolute atomic E-state index is 0.220. The molecule has 94 valence electrons. The van der Waals surface area contributed by atoms with E-state index in [0.717, 1.165) is 30.0 Å². The summed E-state index contributed by atoms with van der Waals surface area (Å²) >= 11 is 0. The van der Waals surface area contributed by atoms with Crippen LogP contribution in [0.4, 0.5) is 0 Å². The van der Waals surface area contributed by atoms with Gasteiger partial charge in [-0.2, -0.15) is 0 Å². The predicted molar refractivity (Wildman–Crippen MR) is 72.5 cm³/mol. The van der Waals surface area contributed by atoms with Crippen molar-refractivity contribution in [1.82, 2.24) is 0 Å². The molecule has 0 spiro atoms. The second kappa shape index (κ2) is 5.65. The van der Waals surface area contributed by atoms with E-state index >= 15 is 0 Å². The Kier molecular flexibility index (Phi) is 3.95. The van der Waals surface area contributed by atoms with Crippen LogP contribution in [0.15, 0.2) is 36.4 Å².